The molecule has 2 heterocycles. The largest absolute Gasteiger partial charge is 0.464 e. The number of pyridine rings is 1. The smallest absolute Gasteiger partial charge is 0.357 e. The number of nitrogens with zero attached hydrogens (tertiary/aromatic N) is 2. The summed E-state index contributed by atoms with van der Waals surface area (Å²) in [5.74, 6) is -0.836. The van der Waals surface area contributed by atoms with Crippen molar-refractivity contribution in [3.63, 3.8) is 0 Å². The van der Waals surface area contributed by atoms with E-state index in [-0.39, 0.29) is 11.6 Å². The van der Waals surface area contributed by atoms with Crippen LogP contribution in [0.15, 0.2) is 48.5 Å². The molecule has 0 radical (unpaired) electrons. The number of nitriles is 1. The second-order valence-corrected chi connectivity index (χ2v) is 7.54. The van der Waals surface area contributed by atoms with Crippen LogP contribution in [0.25, 0.3) is 22.4 Å². The molecular formula is C25H22N4O3. The zero-order chi connectivity index (χ0) is 22.7. The van der Waals surface area contributed by atoms with E-state index in [4.69, 9.17) is 4.74 Å². The van der Waals surface area contributed by atoms with Gasteiger partial charge in [0.25, 0.3) is 0 Å². The van der Waals surface area contributed by atoms with Gasteiger partial charge >= 0.3 is 5.97 Å². The summed E-state index contributed by atoms with van der Waals surface area (Å²) in [6, 6.07) is 16.9. The molecule has 1 aromatic heterocycles. The molecule has 0 saturated carbocycles. The standard InChI is InChI=1S/C25H22N4O3/c1-15(30)28-22-9-7-17(12-19(22)14-26)20-8-10-21(29-24(20)25(31)32-2)18-6-5-16-4-3-11-27-23(16)13-18/h5-10,12-13,27H,3-4,11H2,1-2H3,(H,28,30). The van der Waals surface area contributed by atoms with Gasteiger partial charge in [-0.1, -0.05) is 18.2 Å². The molecule has 0 unspecified atom stereocenters. The number of methoxy groups -OCH3 is 1. The molecule has 7 nitrogen and oxygen atoms in total. The number of fused-ring (bicyclic) bond motifs is 1. The number of ether oxygens (including phenoxy) is 1. The van der Waals surface area contributed by atoms with Crippen LogP contribution in [-0.2, 0) is 16.0 Å². The lowest BCUT2D eigenvalue weighted by atomic mass is 9.97. The van der Waals surface area contributed by atoms with Gasteiger partial charge in [-0.2, -0.15) is 5.26 Å². The van der Waals surface area contributed by atoms with Crippen molar-refractivity contribution in [3.05, 3.63) is 65.4 Å². The van der Waals surface area contributed by atoms with Gasteiger partial charge in [0.05, 0.1) is 24.1 Å². The molecule has 0 aliphatic carbocycles. The van der Waals surface area contributed by atoms with Crippen molar-refractivity contribution in [1.29, 1.82) is 5.26 Å². The number of amides is 1. The first-order valence-electron chi connectivity index (χ1n) is 10.3. The third kappa shape index (κ3) is 4.16. The van der Waals surface area contributed by atoms with E-state index < -0.39 is 5.97 Å². The summed E-state index contributed by atoms with van der Waals surface area (Å²) in [6.45, 7) is 2.31. The van der Waals surface area contributed by atoms with E-state index in [0.717, 1.165) is 30.6 Å². The van der Waals surface area contributed by atoms with E-state index in [1.807, 2.05) is 18.2 Å². The first-order valence-corrected chi connectivity index (χ1v) is 10.3. The highest BCUT2D eigenvalue weighted by Crippen LogP contribution is 2.32. The van der Waals surface area contributed by atoms with Gasteiger partial charge in [0.1, 0.15) is 6.07 Å². The van der Waals surface area contributed by atoms with Crippen LogP contribution < -0.4 is 10.6 Å². The molecular weight excluding hydrogens is 404 g/mol. The average molecular weight is 426 g/mol. The number of carbonyl (C=O) groups is 2. The monoisotopic (exact) mass is 426 g/mol. The zero-order valence-corrected chi connectivity index (χ0v) is 17.9. The summed E-state index contributed by atoms with van der Waals surface area (Å²) < 4.78 is 4.98. The number of aryl methyl sites for hydroxylation is 1. The van der Waals surface area contributed by atoms with Crippen molar-refractivity contribution in [3.8, 4) is 28.5 Å². The van der Waals surface area contributed by atoms with E-state index in [1.54, 1.807) is 24.3 Å². The first kappa shape index (κ1) is 21.1. The molecule has 0 saturated heterocycles. The molecule has 1 aliphatic rings. The molecule has 0 fully saturated rings. The number of benzene rings is 2. The lowest BCUT2D eigenvalue weighted by Crippen LogP contribution is -2.11. The third-order valence-electron chi connectivity index (χ3n) is 5.38. The van der Waals surface area contributed by atoms with Crippen LogP contribution in [0.4, 0.5) is 11.4 Å². The Morgan fingerprint density at radius 1 is 1.12 bits per heavy atom. The molecule has 160 valence electrons. The highest BCUT2D eigenvalue weighted by atomic mass is 16.5. The van der Waals surface area contributed by atoms with Gasteiger partial charge in [-0.3, -0.25) is 4.79 Å². The molecule has 3 aromatic rings. The molecule has 2 aromatic carbocycles. The zero-order valence-electron chi connectivity index (χ0n) is 17.9. The average Bonchev–Trinajstić information content (AvgIpc) is 2.82. The molecule has 1 amide bonds. The Bertz CT molecular complexity index is 1260. The van der Waals surface area contributed by atoms with Crippen molar-refractivity contribution >= 4 is 23.3 Å². The Labute approximate surface area is 186 Å². The van der Waals surface area contributed by atoms with Crippen molar-refractivity contribution in [2.24, 2.45) is 0 Å². The number of carbonyl (C=O) groups excluding carboxylic acids is 2. The molecule has 0 bridgehead atoms. The Hall–Kier alpha value is -4.18. The minimum Gasteiger partial charge on any atom is -0.464 e. The summed E-state index contributed by atoms with van der Waals surface area (Å²) in [7, 11) is 1.31. The quantitative estimate of drug-likeness (QED) is 0.600. The third-order valence-corrected chi connectivity index (χ3v) is 5.38. The molecule has 0 spiro atoms. The fourth-order valence-electron chi connectivity index (χ4n) is 3.83. The molecule has 2 N–H and O–H groups in total. The second kappa shape index (κ2) is 8.90. The molecule has 0 atom stereocenters. The van der Waals surface area contributed by atoms with Gasteiger partial charge < -0.3 is 15.4 Å². The predicted molar refractivity (Wildman–Crippen MR) is 122 cm³/mol. The Morgan fingerprint density at radius 3 is 2.69 bits per heavy atom. The van der Waals surface area contributed by atoms with E-state index in [0.29, 0.717) is 28.1 Å². The SMILES string of the molecule is COC(=O)c1nc(-c2ccc3c(c2)NCCC3)ccc1-c1ccc(NC(C)=O)c(C#N)c1. The summed E-state index contributed by atoms with van der Waals surface area (Å²) in [4.78, 5) is 28.6. The maximum absolute atomic E-state index is 12.6. The number of rotatable bonds is 4. The van der Waals surface area contributed by atoms with Gasteiger partial charge in [0.2, 0.25) is 5.91 Å². The van der Waals surface area contributed by atoms with Crippen molar-refractivity contribution in [1.82, 2.24) is 4.98 Å². The highest BCUT2D eigenvalue weighted by molar-refractivity contribution is 5.97. The van der Waals surface area contributed by atoms with E-state index >= 15 is 0 Å². The van der Waals surface area contributed by atoms with Crippen molar-refractivity contribution < 1.29 is 14.3 Å². The minimum atomic E-state index is -0.567. The summed E-state index contributed by atoms with van der Waals surface area (Å²) in [5, 5.41) is 15.5. The van der Waals surface area contributed by atoms with Crippen LogP contribution in [0.5, 0.6) is 0 Å². The normalized spacial score (nSPS) is 12.2. The lowest BCUT2D eigenvalue weighted by molar-refractivity contribution is -0.114. The number of anilines is 2. The number of hydrogen-bond acceptors (Lipinski definition) is 6. The van der Waals surface area contributed by atoms with Crippen LogP contribution >= 0.6 is 0 Å². The van der Waals surface area contributed by atoms with Crippen LogP contribution in [0.3, 0.4) is 0 Å². The lowest BCUT2D eigenvalue weighted by Gasteiger charge is -2.19. The van der Waals surface area contributed by atoms with Gasteiger partial charge in [0.15, 0.2) is 5.69 Å². The highest BCUT2D eigenvalue weighted by Gasteiger charge is 2.19. The predicted octanol–water partition coefficient (Wildman–Crippen LogP) is 4.39. The van der Waals surface area contributed by atoms with Crippen LogP contribution in [0, 0.1) is 11.3 Å². The first-order chi connectivity index (χ1) is 15.5. The van der Waals surface area contributed by atoms with Crippen LogP contribution in [0.2, 0.25) is 0 Å². The van der Waals surface area contributed by atoms with Gasteiger partial charge in [-0.25, -0.2) is 9.78 Å². The summed E-state index contributed by atoms with van der Waals surface area (Å²) in [5.41, 5.74) is 5.94. The number of esters is 1. The molecule has 1 aliphatic heterocycles. The molecule has 32 heavy (non-hydrogen) atoms. The number of hydrogen-bond donors (Lipinski definition) is 2. The maximum atomic E-state index is 12.6. The Kier molecular flexibility index (Phi) is 5.86. The van der Waals surface area contributed by atoms with Gasteiger partial charge in [-0.05, 0) is 54.3 Å². The van der Waals surface area contributed by atoms with Crippen molar-refractivity contribution in [2.75, 3.05) is 24.3 Å². The minimum absolute atomic E-state index is 0.159. The molecule has 7 heteroatoms. The van der Waals surface area contributed by atoms with Gasteiger partial charge in [0, 0.05) is 30.3 Å². The maximum Gasteiger partial charge on any atom is 0.357 e. The fourth-order valence-corrected chi connectivity index (χ4v) is 3.83. The summed E-state index contributed by atoms with van der Waals surface area (Å²) >= 11 is 0. The molecule has 4 rings (SSSR count). The fraction of sp³-hybridized carbons (Fsp3) is 0.200. The van der Waals surface area contributed by atoms with E-state index in [1.165, 1.54) is 19.6 Å². The summed E-state index contributed by atoms with van der Waals surface area (Å²) in [6.07, 6.45) is 2.15. The van der Waals surface area contributed by atoms with Crippen LogP contribution in [0.1, 0.15) is 35.0 Å². The Balaban J connectivity index is 1.78. The van der Waals surface area contributed by atoms with Gasteiger partial charge in [-0.15, -0.1) is 0 Å². The van der Waals surface area contributed by atoms with Crippen LogP contribution in [-0.4, -0.2) is 30.5 Å². The topological polar surface area (TPSA) is 104 Å². The number of nitrogens with one attached hydrogen (secondary N) is 2. The van der Waals surface area contributed by atoms with E-state index in [2.05, 4.69) is 27.8 Å². The second-order valence-electron chi connectivity index (χ2n) is 7.54. The number of aromatic nitrogens is 1. The van der Waals surface area contributed by atoms with E-state index in [9.17, 15) is 14.9 Å². The van der Waals surface area contributed by atoms with Crippen molar-refractivity contribution in [2.45, 2.75) is 19.8 Å². The Morgan fingerprint density at radius 2 is 1.94 bits per heavy atom.